The minimum absolute atomic E-state index is 0.0715. The first-order valence-corrected chi connectivity index (χ1v) is 19.5. The molecule has 3 saturated heterocycles. The summed E-state index contributed by atoms with van der Waals surface area (Å²) in [6.07, 6.45) is 8.68. The van der Waals surface area contributed by atoms with Crippen LogP contribution in [0.4, 0.5) is 4.79 Å². The SMILES string of the molecule is COC(=O)NCC(=O)N1CCC[C@H]1c1ncc(C#Cc2ccc(-c3ccc(-c4cnc([C@@H]5CCCN5C(=O)[C@@H](c5ccccc5)N5CCCC5)[nH]4)cc3)cc2)[nH]1. The first-order valence-electron chi connectivity index (χ1n) is 19.5. The number of methoxy groups -OCH3 is 1. The number of imidazole rings is 2. The number of nitrogens with one attached hydrogen (secondary N) is 3. The van der Waals surface area contributed by atoms with Gasteiger partial charge in [0.2, 0.25) is 11.8 Å². The lowest BCUT2D eigenvalue weighted by Crippen LogP contribution is -2.42. The average molecular weight is 751 g/mol. The number of hydrogen-bond acceptors (Lipinski definition) is 7. The zero-order valence-corrected chi connectivity index (χ0v) is 31.5. The number of alkyl carbamates (subject to hydrolysis) is 1. The second-order valence-electron chi connectivity index (χ2n) is 14.6. The number of hydrogen-bond donors (Lipinski definition) is 3. The van der Waals surface area contributed by atoms with Crippen LogP contribution in [0.2, 0.25) is 0 Å². The predicted molar refractivity (Wildman–Crippen MR) is 212 cm³/mol. The van der Waals surface area contributed by atoms with E-state index in [1.807, 2.05) is 41.4 Å². The number of H-pyrrole nitrogens is 2. The van der Waals surface area contributed by atoms with Gasteiger partial charge in [0.25, 0.3) is 0 Å². The summed E-state index contributed by atoms with van der Waals surface area (Å²) in [5.41, 5.74) is 6.73. The van der Waals surface area contributed by atoms with E-state index in [4.69, 9.17) is 4.98 Å². The van der Waals surface area contributed by atoms with E-state index in [-0.39, 0.29) is 36.5 Å². The Bertz CT molecular complexity index is 2210. The monoisotopic (exact) mass is 750 g/mol. The molecule has 12 nitrogen and oxygen atoms in total. The summed E-state index contributed by atoms with van der Waals surface area (Å²) < 4.78 is 4.57. The van der Waals surface area contributed by atoms with E-state index in [1.165, 1.54) is 7.11 Å². The zero-order valence-electron chi connectivity index (χ0n) is 31.5. The summed E-state index contributed by atoms with van der Waals surface area (Å²) in [6, 6.07) is 26.2. The molecule has 0 radical (unpaired) electrons. The smallest absolute Gasteiger partial charge is 0.407 e. The average Bonchev–Trinajstić information content (AvgIpc) is 4.09. The van der Waals surface area contributed by atoms with Crippen molar-refractivity contribution in [3.05, 3.63) is 120 Å². The van der Waals surface area contributed by atoms with Gasteiger partial charge in [-0.25, -0.2) is 14.8 Å². The molecule has 3 amide bonds. The number of rotatable bonds is 9. The van der Waals surface area contributed by atoms with Crippen molar-refractivity contribution in [2.75, 3.05) is 39.8 Å². The molecule has 3 N–H and O–H groups in total. The van der Waals surface area contributed by atoms with Crippen molar-refractivity contribution in [1.29, 1.82) is 0 Å². The Morgan fingerprint density at radius 1 is 0.750 bits per heavy atom. The van der Waals surface area contributed by atoms with E-state index in [0.717, 1.165) is 97.5 Å². The lowest BCUT2D eigenvalue weighted by Gasteiger charge is -2.33. The van der Waals surface area contributed by atoms with Crippen LogP contribution in [0, 0.1) is 11.8 Å². The normalized spacial score (nSPS) is 18.7. The van der Waals surface area contributed by atoms with Gasteiger partial charge >= 0.3 is 6.09 Å². The van der Waals surface area contributed by atoms with Gasteiger partial charge in [-0.15, -0.1) is 0 Å². The van der Waals surface area contributed by atoms with Crippen LogP contribution in [0.3, 0.4) is 0 Å². The van der Waals surface area contributed by atoms with E-state index in [0.29, 0.717) is 18.1 Å². The van der Waals surface area contributed by atoms with Gasteiger partial charge in [0.1, 0.15) is 29.9 Å². The van der Waals surface area contributed by atoms with Crippen molar-refractivity contribution in [2.45, 2.75) is 56.7 Å². The summed E-state index contributed by atoms with van der Waals surface area (Å²) in [5, 5.41) is 2.45. The molecule has 12 heteroatoms. The van der Waals surface area contributed by atoms with Gasteiger partial charge in [0.05, 0.1) is 37.3 Å². The third-order valence-corrected chi connectivity index (χ3v) is 11.1. The van der Waals surface area contributed by atoms with Crippen LogP contribution in [0.5, 0.6) is 0 Å². The Labute approximate surface area is 326 Å². The van der Waals surface area contributed by atoms with Crippen molar-refractivity contribution in [2.24, 2.45) is 0 Å². The van der Waals surface area contributed by atoms with Crippen LogP contribution < -0.4 is 5.32 Å². The largest absolute Gasteiger partial charge is 0.453 e. The number of carbonyl (C=O) groups excluding carboxylic acids is 3. The first-order chi connectivity index (χ1) is 27.4. The molecule has 3 fully saturated rings. The fraction of sp³-hybridized carbons (Fsp3) is 0.341. The second-order valence-corrected chi connectivity index (χ2v) is 14.6. The van der Waals surface area contributed by atoms with Crippen LogP contribution in [0.15, 0.2) is 91.3 Å². The van der Waals surface area contributed by atoms with Crippen LogP contribution in [0.25, 0.3) is 22.4 Å². The van der Waals surface area contributed by atoms with Crippen molar-refractivity contribution in [3.63, 3.8) is 0 Å². The molecule has 8 rings (SSSR count). The predicted octanol–water partition coefficient (Wildman–Crippen LogP) is 6.39. The molecule has 3 aliphatic heterocycles. The van der Waals surface area contributed by atoms with E-state index >= 15 is 0 Å². The van der Waals surface area contributed by atoms with Gasteiger partial charge in [-0.3, -0.25) is 14.5 Å². The summed E-state index contributed by atoms with van der Waals surface area (Å²) in [4.78, 5) is 60.6. The lowest BCUT2D eigenvalue weighted by molar-refractivity contribution is -0.138. The number of benzene rings is 3. The zero-order chi connectivity index (χ0) is 38.4. The number of carbonyl (C=O) groups is 3. The molecule has 0 saturated carbocycles. The van der Waals surface area contributed by atoms with Crippen molar-refractivity contribution < 1.29 is 19.1 Å². The van der Waals surface area contributed by atoms with Gasteiger partial charge in [0.15, 0.2) is 0 Å². The number of amides is 3. The maximum absolute atomic E-state index is 14.2. The van der Waals surface area contributed by atoms with Crippen molar-refractivity contribution >= 4 is 17.9 Å². The Hall–Kier alpha value is -6.19. The van der Waals surface area contributed by atoms with Gasteiger partial charge in [-0.2, -0.15) is 0 Å². The molecule has 0 spiro atoms. The van der Waals surface area contributed by atoms with Gasteiger partial charge < -0.3 is 29.8 Å². The van der Waals surface area contributed by atoms with Crippen molar-refractivity contribution in [3.8, 4) is 34.2 Å². The molecule has 3 atom stereocenters. The van der Waals surface area contributed by atoms with E-state index in [2.05, 4.69) is 90.3 Å². The first kappa shape index (κ1) is 36.8. The van der Waals surface area contributed by atoms with Crippen LogP contribution in [-0.4, -0.2) is 92.4 Å². The molecular formula is C44H46N8O4. The third-order valence-electron chi connectivity index (χ3n) is 11.1. The number of likely N-dealkylation sites (tertiary alicyclic amines) is 3. The van der Waals surface area contributed by atoms with E-state index in [9.17, 15) is 14.4 Å². The molecule has 0 aliphatic carbocycles. The highest BCUT2D eigenvalue weighted by Gasteiger charge is 2.39. The van der Waals surface area contributed by atoms with Crippen LogP contribution in [0.1, 0.15) is 85.1 Å². The molecule has 56 heavy (non-hydrogen) atoms. The Balaban J connectivity index is 0.896. The molecule has 2 aromatic heterocycles. The highest BCUT2D eigenvalue weighted by Crippen LogP contribution is 2.37. The van der Waals surface area contributed by atoms with Crippen molar-refractivity contribution in [1.82, 2.24) is 40.0 Å². The van der Waals surface area contributed by atoms with Gasteiger partial charge in [-0.05, 0) is 91.9 Å². The molecular weight excluding hydrogens is 705 g/mol. The molecule has 3 aliphatic rings. The molecule has 3 aromatic carbocycles. The number of nitrogens with zero attached hydrogens (tertiary/aromatic N) is 5. The fourth-order valence-corrected chi connectivity index (χ4v) is 8.24. The molecule has 0 unspecified atom stereocenters. The Kier molecular flexibility index (Phi) is 10.9. The topological polar surface area (TPSA) is 140 Å². The summed E-state index contributed by atoms with van der Waals surface area (Å²) in [7, 11) is 1.27. The van der Waals surface area contributed by atoms with Crippen LogP contribution >= 0.6 is 0 Å². The maximum Gasteiger partial charge on any atom is 0.407 e. The van der Waals surface area contributed by atoms with Crippen LogP contribution in [-0.2, 0) is 14.3 Å². The van der Waals surface area contributed by atoms with Gasteiger partial charge in [0, 0.05) is 18.7 Å². The molecule has 5 aromatic rings. The Morgan fingerprint density at radius 2 is 1.38 bits per heavy atom. The summed E-state index contributed by atoms with van der Waals surface area (Å²) >= 11 is 0. The highest BCUT2D eigenvalue weighted by molar-refractivity contribution is 5.84. The number of ether oxygens (including phenoxy) is 1. The van der Waals surface area contributed by atoms with E-state index in [1.54, 1.807) is 11.1 Å². The highest BCUT2D eigenvalue weighted by atomic mass is 16.5. The molecule has 0 bridgehead atoms. The summed E-state index contributed by atoms with van der Waals surface area (Å²) in [6.45, 7) is 3.11. The minimum atomic E-state index is -0.636. The minimum Gasteiger partial charge on any atom is -0.453 e. The maximum atomic E-state index is 14.2. The molecule has 5 heterocycles. The summed E-state index contributed by atoms with van der Waals surface area (Å²) in [5.74, 6) is 7.88. The van der Waals surface area contributed by atoms with E-state index < -0.39 is 6.09 Å². The number of aromatic amines is 2. The van der Waals surface area contributed by atoms with Gasteiger partial charge in [-0.1, -0.05) is 72.7 Å². The quantitative estimate of drug-likeness (QED) is 0.149. The fourth-order valence-electron chi connectivity index (χ4n) is 8.24. The third kappa shape index (κ3) is 7.95. The standard InChI is InChI=1S/C44H46N8O4/c1-56-44(55)47-29-39(53)51-25-7-11-37(51)41-45-27-35(48-41)22-15-30-13-16-31(17-14-30)32-18-20-33(21-19-32)36-28-46-42(49-36)38-12-8-26-52(38)43(54)40(50-23-5-6-24-50)34-9-3-2-4-10-34/h2-4,9-10,13-14,16-21,27-28,37-38,40H,5-8,11-12,23-26,29H2,1H3,(H,45,48)(H,46,49)(H,47,55)/t37-,38-,40+/m0/s1. The number of aromatic nitrogens is 4. The molecule has 286 valence electrons. The second kappa shape index (κ2) is 16.7. The Morgan fingerprint density at radius 3 is 2.09 bits per heavy atom. The lowest BCUT2D eigenvalue weighted by atomic mass is 10.0.